The van der Waals surface area contributed by atoms with Crippen molar-refractivity contribution in [1.82, 2.24) is 4.68 Å². The summed E-state index contributed by atoms with van der Waals surface area (Å²) in [5.41, 5.74) is 0.392. The van der Waals surface area contributed by atoms with E-state index in [0.717, 1.165) is 4.68 Å². The van der Waals surface area contributed by atoms with Crippen molar-refractivity contribution in [3.8, 4) is 5.75 Å². The lowest BCUT2D eigenvalue weighted by Crippen LogP contribution is -2.29. The van der Waals surface area contributed by atoms with Crippen molar-refractivity contribution >= 4 is 0 Å². The second-order valence-electron chi connectivity index (χ2n) is 2.22. The minimum absolute atomic E-state index is 0.262. The highest BCUT2D eigenvalue weighted by atomic mass is 16.5. The van der Waals surface area contributed by atoms with Gasteiger partial charge >= 0.3 is 5.56 Å². The lowest BCUT2D eigenvalue weighted by atomic mass is 10.3. The van der Waals surface area contributed by atoms with Gasteiger partial charge in [0.05, 0.1) is 7.11 Å². The summed E-state index contributed by atoms with van der Waals surface area (Å²) in [6, 6.07) is 3.32. The molecule has 60 valence electrons. The third-order valence-corrected chi connectivity index (χ3v) is 1.51. The Kier molecular flexibility index (Phi) is 1.85. The van der Waals surface area contributed by atoms with Crippen molar-refractivity contribution in [1.29, 1.82) is 0 Å². The molecule has 0 aromatic carbocycles. The number of nitrogen functional groups attached to an aromatic ring is 1. The molecule has 1 aromatic heterocycles. The lowest BCUT2D eigenvalue weighted by Gasteiger charge is -2.04. The van der Waals surface area contributed by atoms with Crippen LogP contribution >= 0.6 is 0 Å². The Morgan fingerprint density at radius 2 is 2.18 bits per heavy atom. The van der Waals surface area contributed by atoms with E-state index in [4.69, 9.17) is 10.6 Å². The van der Waals surface area contributed by atoms with Gasteiger partial charge in [-0.15, -0.1) is 0 Å². The van der Waals surface area contributed by atoms with Gasteiger partial charge in [-0.2, -0.15) is 0 Å². The van der Waals surface area contributed by atoms with Crippen molar-refractivity contribution in [3.05, 3.63) is 28.2 Å². The van der Waals surface area contributed by atoms with Crippen LogP contribution in [-0.2, 0) is 0 Å². The number of ether oxygens (including phenoxy) is 1. The highest BCUT2D eigenvalue weighted by molar-refractivity contribution is 5.20. The first-order valence-corrected chi connectivity index (χ1v) is 3.18. The topological polar surface area (TPSA) is 57.2 Å². The Bertz CT molecular complexity index is 317. The Morgan fingerprint density at radius 1 is 1.55 bits per heavy atom. The molecule has 0 fully saturated rings. The van der Waals surface area contributed by atoms with Gasteiger partial charge in [0.2, 0.25) is 0 Å². The number of nitrogens with two attached hydrogens (primary N) is 1. The Balaban J connectivity index is 3.37. The summed E-state index contributed by atoms with van der Waals surface area (Å²) in [7, 11) is 1.44. The molecule has 0 bridgehead atoms. The first-order chi connectivity index (χ1) is 5.16. The van der Waals surface area contributed by atoms with Gasteiger partial charge in [0, 0.05) is 5.69 Å². The van der Waals surface area contributed by atoms with Crippen molar-refractivity contribution < 1.29 is 4.74 Å². The Labute approximate surface area is 64.2 Å². The SMILES string of the molecule is COc1ccc(C)n(N)c1=O. The molecule has 4 heteroatoms. The van der Waals surface area contributed by atoms with E-state index in [2.05, 4.69) is 0 Å². The average molecular weight is 154 g/mol. The zero-order chi connectivity index (χ0) is 8.43. The van der Waals surface area contributed by atoms with E-state index in [9.17, 15) is 4.79 Å². The molecule has 1 heterocycles. The maximum absolute atomic E-state index is 11.1. The molecular formula is C7H10N2O2. The summed E-state index contributed by atoms with van der Waals surface area (Å²) >= 11 is 0. The summed E-state index contributed by atoms with van der Waals surface area (Å²) in [6.45, 7) is 1.75. The standard InChI is InChI=1S/C7H10N2O2/c1-5-3-4-6(11-2)7(10)9(5)8/h3-4H,8H2,1-2H3. The molecule has 0 aliphatic heterocycles. The Hall–Kier alpha value is -1.45. The van der Waals surface area contributed by atoms with Gasteiger partial charge in [-0.1, -0.05) is 0 Å². The maximum Gasteiger partial charge on any atom is 0.311 e. The van der Waals surface area contributed by atoms with Crippen LogP contribution in [0, 0.1) is 6.92 Å². The van der Waals surface area contributed by atoms with Gasteiger partial charge in [0.1, 0.15) is 0 Å². The fraction of sp³-hybridized carbons (Fsp3) is 0.286. The van der Waals surface area contributed by atoms with Crippen LogP contribution in [0.3, 0.4) is 0 Å². The third-order valence-electron chi connectivity index (χ3n) is 1.51. The van der Waals surface area contributed by atoms with Crippen LogP contribution in [0.15, 0.2) is 16.9 Å². The van der Waals surface area contributed by atoms with E-state index in [1.165, 1.54) is 7.11 Å². The molecule has 0 spiro atoms. The van der Waals surface area contributed by atoms with Gasteiger partial charge in [0.15, 0.2) is 5.75 Å². The van der Waals surface area contributed by atoms with Crippen LogP contribution < -0.4 is 16.1 Å². The van der Waals surface area contributed by atoms with Crippen molar-refractivity contribution in [2.24, 2.45) is 0 Å². The number of methoxy groups -OCH3 is 1. The van der Waals surface area contributed by atoms with Crippen LogP contribution in [0.25, 0.3) is 0 Å². The predicted octanol–water partition coefficient (Wildman–Crippen LogP) is -0.121. The first-order valence-electron chi connectivity index (χ1n) is 3.18. The minimum atomic E-state index is -0.312. The first kappa shape index (κ1) is 7.65. The van der Waals surface area contributed by atoms with Crippen LogP contribution in [-0.4, -0.2) is 11.8 Å². The molecule has 0 aliphatic carbocycles. The molecule has 0 atom stereocenters. The molecule has 0 saturated carbocycles. The number of hydrogen-bond acceptors (Lipinski definition) is 3. The monoisotopic (exact) mass is 154 g/mol. The van der Waals surface area contributed by atoms with Crippen LogP contribution in [0.5, 0.6) is 5.75 Å². The number of aryl methyl sites for hydroxylation is 1. The highest BCUT2D eigenvalue weighted by Crippen LogP contribution is 2.01. The smallest absolute Gasteiger partial charge is 0.311 e. The van der Waals surface area contributed by atoms with Gasteiger partial charge in [-0.05, 0) is 19.1 Å². The summed E-state index contributed by atoms with van der Waals surface area (Å²) < 4.78 is 5.82. The summed E-state index contributed by atoms with van der Waals surface area (Å²) in [6.07, 6.45) is 0. The average Bonchev–Trinajstić information content (AvgIpc) is 2.01. The predicted molar refractivity (Wildman–Crippen MR) is 42.1 cm³/mol. The fourth-order valence-electron chi connectivity index (χ4n) is 0.782. The second kappa shape index (κ2) is 2.65. The van der Waals surface area contributed by atoms with Crippen molar-refractivity contribution in [2.45, 2.75) is 6.92 Å². The van der Waals surface area contributed by atoms with E-state index in [1.54, 1.807) is 19.1 Å². The number of aromatic nitrogens is 1. The van der Waals surface area contributed by atoms with Crippen molar-refractivity contribution in [3.63, 3.8) is 0 Å². The second-order valence-corrected chi connectivity index (χ2v) is 2.22. The molecular weight excluding hydrogens is 144 g/mol. The zero-order valence-electron chi connectivity index (χ0n) is 6.50. The number of nitrogens with zero attached hydrogens (tertiary/aromatic N) is 1. The van der Waals surface area contributed by atoms with Gasteiger partial charge < -0.3 is 10.6 Å². The van der Waals surface area contributed by atoms with E-state index in [-0.39, 0.29) is 11.3 Å². The van der Waals surface area contributed by atoms with E-state index in [0.29, 0.717) is 5.69 Å². The molecule has 0 saturated heterocycles. The molecule has 0 amide bonds. The van der Waals surface area contributed by atoms with Crippen LogP contribution in [0.2, 0.25) is 0 Å². The van der Waals surface area contributed by atoms with Crippen molar-refractivity contribution in [2.75, 3.05) is 13.0 Å². The summed E-state index contributed by atoms with van der Waals surface area (Å²) in [5.74, 6) is 5.64. The minimum Gasteiger partial charge on any atom is -0.491 e. The molecule has 2 N–H and O–H groups in total. The zero-order valence-corrected chi connectivity index (χ0v) is 6.50. The highest BCUT2D eigenvalue weighted by Gasteiger charge is 2.01. The molecule has 0 aliphatic rings. The molecule has 4 nitrogen and oxygen atoms in total. The lowest BCUT2D eigenvalue weighted by molar-refractivity contribution is 0.405. The molecule has 11 heavy (non-hydrogen) atoms. The van der Waals surface area contributed by atoms with E-state index in [1.807, 2.05) is 0 Å². The number of pyridine rings is 1. The normalized spacial score (nSPS) is 9.64. The molecule has 0 unspecified atom stereocenters. The third kappa shape index (κ3) is 1.19. The van der Waals surface area contributed by atoms with Gasteiger partial charge in [-0.3, -0.25) is 4.79 Å². The molecule has 0 radical (unpaired) electrons. The summed E-state index contributed by atoms with van der Waals surface area (Å²) in [4.78, 5) is 11.1. The molecule has 1 rings (SSSR count). The van der Waals surface area contributed by atoms with E-state index >= 15 is 0 Å². The van der Waals surface area contributed by atoms with E-state index < -0.39 is 0 Å². The summed E-state index contributed by atoms with van der Waals surface area (Å²) in [5, 5.41) is 0. The number of hydrogen-bond donors (Lipinski definition) is 1. The largest absolute Gasteiger partial charge is 0.491 e. The quantitative estimate of drug-likeness (QED) is 0.574. The van der Waals surface area contributed by atoms with Gasteiger partial charge in [-0.25, -0.2) is 4.68 Å². The Morgan fingerprint density at radius 3 is 2.73 bits per heavy atom. The van der Waals surface area contributed by atoms with Crippen LogP contribution in [0.4, 0.5) is 0 Å². The molecule has 1 aromatic rings. The van der Waals surface area contributed by atoms with Gasteiger partial charge in [0.25, 0.3) is 0 Å². The van der Waals surface area contributed by atoms with Crippen LogP contribution in [0.1, 0.15) is 5.69 Å². The maximum atomic E-state index is 11.1. The number of rotatable bonds is 1. The fourth-order valence-corrected chi connectivity index (χ4v) is 0.782.